The third-order valence-corrected chi connectivity index (χ3v) is 4.16. The molecule has 1 heterocycles. The van der Waals surface area contributed by atoms with E-state index in [1.807, 2.05) is 0 Å². The van der Waals surface area contributed by atoms with Crippen LogP contribution in [0.25, 0.3) is 0 Å². The quantitative estimate of drug-likeness (QED) is 0.801. The van der Waals surface area contributed by atoms with Crippen LogP contribution in [0.15, 0.2) is 30.3 Å². The van der Waals surface area contributed by atoms with Crippen molar-refractivity contribution in [1.29, 1.82) is 0 Å². The fourth-order valence-corrected chi connectivity index (χ4v) is 2.86. The number of aromatic nitrogens is 2. The Labute approximate surface area is 136 Å². The van der Waals surface area contributed by atoms with Gasteiger partial charge in [0.2, 0.25) is 5.91 Å². The Morgan fingerprint density at radius 1 is 1.33 bits per heavy atom. The van der Waals surface area contributed by atoms with Gasteiger partial charge in [0, 0.05) is 18.0 Å². The molecule has 1 aromatic heterocycles. The van der Waals surface area contributed by atoms with Crippen LogP contribution < -0.4 is 11.1 Å². The van der Waals surface area contributed by atoms with E-state index >= 15 is 0 Å². The van der Waals surface area contributed by atoms with Gasteiger partial charge in [0.1, 0.15) is 5.82 Å². The van der Waals surface area contributed by atoms with Gasteiger partial charge in [-0.3, -0.25) is 9.89 Å². The number of hydrogen-bond donors (Lipinski definition) is 3. The Bertz CT molecular complexity index is 735. The molecule has 1 aliphatic rings. The molecule has 1 saturated carbocycles. The first kappa shape index (κ1) is 16.4. The summed E-state index contributed by atoms with van der Waals surface area (Å²) in [5, 5.41) is 9.59. The molecule has 0 spiro atoms. The van der Waals surface area contributed by atoms with Crippen LogP contribution in [0.2, 0.25) is 0 Å². The average Bonchev–Trinajstić information content (AvgIpc) is 2.88. The van der Waals surface area contributed by atoms with Crippen LogP contribution >= 0.6 is 0 Å². The number of rotatable bonds is 4. The fraction of sp³-hybridized carbons (Fsp3) is 0.375. The molecule has 0 unspecified atom stereocenters. The van der Waals surface area contributed by atoms with Crippen LogP contribution in [-0.2, 0) is 17.4 Å². The predicted octanol–water partition coefficient (Wildman–Crippen LogP) is 2.62. The zero-order valence-corrected chi connectivity index (χ0v) is 12.7. The van der Waals surface area contributed by atoms with Crippen molar-refractivity contribution in [2.24, 2.45) is 0 Å². The first-order valence-electron chi connectivity index (χ1n) is 7.57. The SMILES string of the molecule is Nc1cc([C@H]2C[C@@H](NC(=O)Cc3cccc(C(F)(F)F)c3)C2)n[nH]1. The average molecular weight is 338 g/mol. The number of amides is 1. The minimum atomic E-state index is -4.40. The highest BCUT2D eigenvalue weighted by atomic mass is 19.4. The van der Waals surface area contributed by atoms with Crippen molar-refractivity contribution in [3.8, 4) is 0 Å². The molecule has 1 amide bonds. The molecule has 1 aliphatic carbocycles. The number of nitrogen functional groups attached to an aromatic ring is 1. The molecular weight excluding hydrogens is 321 g/mol. The largest absolute Gasteiger partial charge is 0.416 e. The Balaban J connectivity index is 1.50. The van der Waals surface area contributed by atoms with Crippen LogP contribution in [0.5, 0.6) is 0 Å². The number of benzene rings is 1. The number of nitrogens with zero attached hydrogens (tertiary/aromatic N) is 1. The zero-order chi connectivity index (χ0) is 17.3. The van der Waals surface area contributed by atoms with E-state index in [-0.39, 0.29) is 24.3 Å². The third-order valence-electron chi connectivity index (χ3n) is 4.16. The lowest BCUT2D eigenvalue weighted by molar-refractivity contribution is -0.137. The van der Waals surface area contributed by atoms with Gasteiger partial charge in [0.25, 0.3) is 0 Å². The molecule has 1 fully saturated rings. The Kier molecular flexibility index (Phi) is 4.21. The summed E-state index contributed by atoms with van der Waals surface area (Å²) < 4.78 is 38.0. The maximum absolute atomic E-state index is 12.7. The highest BCUT2D eigenvalue weighted by Gasteiger charge is 2.33. The molecule has 0 aliphatic heterocycles. The molecule has 8 heteroatoms. The Morgan fingerprint density at radius 3 is 2.71 bits per heavy atom. The lowest BCUT2D eigenvalue weighted by atomic mass is 9.78. The number of anilines is 1. The number of alkyl halides is 3. The number of nitrogens with one attached hydrogen (secondary N) is 2. The number of H-pyrrole nitrogens is 1. The van der Waals surface area contributed by atoms with Gasteiger partial charge < -0.3 is 11.1 Å². The van der Waals surface area contributed by atoms with Crippen LogP contribution in [0.1, 0.15) is 35.6 Å². The monoisotopic (exact) mass is 338 g/mol. The number of aromatic amines is 1. The Morgan fingerprint density at radius 2 is 2.08 bits per heavy atom. The first-order chi connectivity index (χ1) is 11.3. The van der Waals surface area contributed by atoms with Gasteiger partial charge in [-0.15, -0.1) is 0 Å². The van der Waals surface area contributed by atoms with Gasteiger partial charge in [-0.1, -0.05) is 18.2 Å². The van der Waals surface area contributed by atoms with Crippen molar-refractivity contribution in [2.45, 2.75) is 37.4 Å². The second-order valence-electron chi connectivity index (χ2n) is 6.06. The van der Waals surface area contributed by atoms with Crippen molar-refractivity contribution in [3.63, 3.8) is 0 Å². The van der Waals surface area contributed by atoms with E-state index in [0.717, 1.165) is 30.7 Å². The van der Waals surface area contributed by atoms with E-state index < -0.39 is 11.7 Å². The second-order valence-corrected chi connectivity index (χ2v) is 6.06. The van der Waals surface area contributed by atoms with E-state index in [0.29, 0.717) is 11.4 Å². The molecule has 1 aromatic carbocycles. The summed E-state index contributed by atoms with van der Waals surface area (Å²) in [6.07, 6.45) is -2.98. The summed E-state index contributed by atoms with van der Waals surface area (Å²) in [5.41, 5.74) is 6.05. The van der Waals surface area contributed by atoms with E-state index in [1.54, 1.807) is 6.07 Å². The highest BCUT2D eigenvalue weighted by Crippen LogP contribution is 2.36. The first-order valence-corrected chi connectivity index (χ1v) is 7.57. The topological polar surface area (TPSA) is 83.8 Å². The molecular formula is C16H17F3N4O. The maximum Gasteiger partial charge on any atom is 0.416 e. The van der Waals surface area contributed by atoms with Gasteiger partial charge >= 0.3 is 6.18 Å². The normalized spacial score (nSPS) is 20.5. The number of hydrogen-bond acceptors (Lipinski definition) is 3. The van der Waals surface area contributed by atoms with Gasteiger partial charge in [-0.05, 0) is 24.5 Å². The predicted molar refractivity (Wildman–Crippen MR) is 82.1 cm³/mol. The number of carbonyl (C=O) groups is 1. The van der Waals surface area contributed by atoms with Gasteiger partial charge in [-0.2, -0.15) is 18.3 Å². The smallest absolute Gasteiger partial charge is 0.384 e. The molecule has 3 rings (SSSR count). The highest BCUT2D eigenvalue weighted by molar-refractivity contribution is 5.79. The van der Waals surface area contributed by atoms with E-state index in [4.69, 9.17) is 5.73 Å². The van der Waals surface area contributed by atoms with E-state index in [9.17, 15) is 18.0 Å². The fourth-order valence-electron chi connectivity index (χ4n) is 2.86. The van der Waals surface area contributed by atoms with Crippen molar-refractivity contribution in [1.82, 2.24) is 15.5 Å². The molecule has 4 N–H and O–H groups in total. The second kappa shape index (κ2) is 6.18. The molecule has 0 radical (unpaired) electrons. The van der Waals surface area contributed by atoms with Crippen molar-refractivity contribution >= 4 is 11.7 Å². The summed E-state index contributed by atoms with van der Waals surface area (Å²) in [6, 6.07) is 6.62. The van der Waals surface area contributed by atoms with Crippen molar-refractivity contribution in [2.75, 3.05) is 5.73 Å². The number of nitrogens with two attached hydrogens (primary N) is 1. The molecule has 0 saturated heterocycles. The van der Waals surface area contributed by atoms with E-state index in [1.165, 1.54) is 12.1 Å². The molecule has 128 valence electrons. The van der Waals surface area contributed by atoms with Crippen LogP contribution in [0.3, 0.4) is 0 Å². The van der Waals surface area contributed by atoms with Gasteiger partial charge in [-0.25, -0.2) is 0 Å². The standard InChI is InChI=1S/C16H17F3N4O/c17-16(18,19)11-3-1-2-9(4-11)5-15(24)21-12-6-10(7-12)13-8-14(20)23-22-13/h1-4,8,10,12H,5-7H2,(H,21,24)(H3,20,22,23)/t10-,12+. The van der Waals surface area contributed by atoms with Gasteiger partial charge in [0.05, 0.1) is 17.7 Å². The molecule has 24 heavy (non-hydrogen) atoms. The summed E-state index contributed by atoms with van der Waals surface area (Å²) in [5.74, 6) is 0.471. The van der Waals surface area contributed by atoms with Crippen LogP contribution in [0, 0.1) is 0 Å². The van der Waals surface area contributed by atoms with Gasteiger partial charge in [0.15, 0.2) is 0 Å². The van der Waals surface area contributed by atoms with E-state index in [2.05, 4.69) is 15.5 Å². The Hall–Kier alpha value is -2.51. The minimum Gasteiger partial charge on any atom is -0.384 e. The summed E-state index contributed by atoms with van der Waals surface area (Å²) >= 11 is 0. The molecule has 0 atom stereocenters. The summed E-state index contributed by atoms with van der Waals surface area (Å²) in [6.45, 7) is 0. The number of carbonyl (C=O) groups excluding carboxylic acids is 1. The lowest BCUT2D eigenvalue weighted by Crippen LogP contribution is -2.44. The molecule has 0 bridgehead atoms. The summed E-state index contributed by atoms with van der Waals surface area (Å²) in [7, 11) is 0. The van der Waals surface area contributed by atoms with Crippen LogP contribution in [-0.4, -0.2) is 22.1 Å². The minimum absolute atomic E-state index is 0.0197. The van der Waals surface area contributed by atoms with Crippen molar-refractivity contribution < 1.29 is 18.0 Å². The van der Waals surface area contributed by atoms with Crippen LogP contribution in [0.4, 0.5) is 19.0 Å². The zero-order valence-electron chi connectivity index (χ0n) is 12.7. The maximum atomic E-state index is 12.7. The van der Waals surface area contributed by atoms with Crippen molar-refractivity contribution in [3.05, 3.63) is 47.2 Å². The number of halogens is 3. The summed E-state index contributed by atoms with van der Waals surface area (Å²) in [4.78, 5) is 12.0. The lowest BCUT2D eigenvalue weighted by Gasteiger charge is -2.34. The molecule has 2 aromatic rings. The molecule has 5 nitrogen and oxygen atoms in total. The third kappa shape index (κ3) is 3.69.